The monoisotopic (exact) mass is 407 g/mol. The van der Waals surface area contributed by atoms with Gasteiger partial charge < -0.3 is 14.8 Å². The second-order valence-electron chi connectivity index (χ2n) is 5.23. The number of hydrogen-bond acceptors (Lipinski definition) is 8. The van der Waals surface area contributed by atoms with Gasteiger partial charge in [-0.3, -0.25) is 20.2 Å². The first-order chi connectivity index (χ1) is 13.0. The van der Waals surface area contributed by atoms with E-state index in [1.165, 1.54) is 13.8 Å². The van der Waals surface area contributed by atoms with E-state index in [2.05, 4.69) is 14.8 Å². The second-order valence-corrected chi connectivity index (χ2v) is 5.23. The maximum atomic E-state index is 12.7. The first-order valence-electron chi connectivity index (χ1n) is 7.71. The minimum Gasteiger partial charge on any atom is -0.454 e. The van der Waals surface area contributed by atoms with Crippen LogP contribution in [0.3, 0.4) is 0 Å². The minimum atomic E-state index is -4.78. The third kappa shape index (κ3) is 6.74. The molecule has 154 valence electrons. The average molecular weight is 407 g/mol. The number of nitrogens with one attached hydrogen (secondary N) is 2. The lowest BCUT2D eigenvalue weighted by atomic mass is 10.1. The Hall–Kier alpha value is -3.38. The number of nitro groups is 1. The van der Waals surface area contributed by atoms with E-state index in [9.17, 15) is 37.7 Å². The molecular weight excluding hydrogens is 391 g/mol. The highest BCUT2D eigenvalue weighted by Crippen LogP contribution is 2.35. The molecule has 1 aromatic carbocycles. The summed E-state index contributed by atoms with van der Waals surface area (Å²) in [6.45, 7) is 1.91. The molecule has 13 heteroatoms. The predicted molar refractivity (Wildman–Crippen MR) is 87.3 cm³/mol. The van der Waals surface area contributed by atoms with Crippen LogP contribution in [0.15, 0.2) is 18.2 Å². The van der Waals surface area contributed by atoms with Gasteiger partial charge in [-0.2, -0.15) is 13.2 Å². The Labute approximate surface area is 156 Å². The normalized spacial score (nSPS) is 11.9. The summed E-state index contributed by atoms with van der Waals surface area (Å²) in [5, 5.41) is 15.1. The molecule has 2 amide bonds. The van der Waals surface area contributed by atoms with Crippen molar-refractivity contribution in [2.75, 3.05) is 18.5 Å². The zero-order chi connectivity index (χ0) is 21.5. The summed E-state index contributed by atoms with van der Waals surface area (Å²) in [6.07, 6.45) is -5.81. The summed E-state index contributed by atoms with van der Waals surface area (Å²) >= 11 is 0. The highest BCUT2D eigenvalue weighted by molar-refractivity contribution is 5.93. The van der Waals surface area contributed by atoms with Crippen molar-refractivity contribution in [3.05, 3.63) is 33.9 Å². The number of nitrogens with zero attached hydrogens (tertiary/aromatic N) is 1. The molecule has 0 aliphatic carbocycles. The van der Waals surface area contributed by atoms with E-state index < -0.39 is 53.0 Å². The number of alkyl carbamates (subject to hydrolysis) is 1. The molecule has 0 fully saturated rings. The van der Waals surface area contributed by atoms with Crippen LogP contribution in [0.4, 0.5) is 29.3 Å². The van der Waals surface area contributed by atoms with E-state index in [-0.39, 0.29) is 12.3 Å². The number of halogens is 3. The number of rotatable bonds is 7. The number of carbonyl (C=O) groups excluding carboxylic acids is 3. The first kappa shape index (κ1) is 22.7. The van der Waals surface area contributed by atoms with Crippen LogP contribution in [0, 0.1) is 10.1 Å². The molecule has 0 saturated carbocycles. The van der Waals surface area contributed by atoms with Crippen molar-refractivity contribution in [2.24, 2.45) is 0 Å². The maximum absolute atomic E-state index is 12.7. The molecule has 1 rings (SSSR count). The number of alkyl halides is 3. The Balaban J connectivity index is 2.75. The van der Waals surface area contributed by atoms with E-state index in [1.807, 2.05) is 0 Å². The molecule has 0 aliphatic heterocycles. The summed E-state index contributed by atoms with van der Waals surface area (Å²) in [4.78, 5) is 44.2. The van der Waals surface area contributed by atoms with E-state index in [0.29, 0.717) is 12.1 Å². The van der Waals surface area contributed by atoms with Crippen LogP contribution in [0.5, 0.6) is 0 Å². The standard InChI is InChI=1S/C15H16F3N3O7/c1-3-27-14(24)20-12(22)7-28-13(23)8(2)19-10-5-4-9(15(16,17)18)6-11(10)21(25)26/h4-6,8,19H,3,7H2,1-2H3,(H,20,22,24)/t8-/m0/s1. The van der Waals surface area contributed by atoms with Gasteiger partial charge in [0.1, 0.15) is 11.7 Å². The first-order valence-corrected chi connectivity index (χ1v) is 7.71. The van der Waals surface area contributed by atoms with Gasteiger partial charge in [-0.25, -0.2) is 9.59 Å². The molecule has 1 atom stereocenters. The number of esters is 1. The number of nitro benzene ring substituents is 1. The zero-order valence-corrected chi connectivity index (χ0v) is 14.7. The van der Waals surface area contributed by atoms with Gasteiger partial charge in [0.2, 0.25) is 0 Å². The quantitative estimate of drug-likeness (QED) is 0.399. The molecular formula is C15H16F3N3O7. The largest absolute Gasteiger partial charge is 0.454 e. The number of ether oxygens (including phenoxy) is 2. The molecule has 0 radical (unpaired) electrons. The molecule has 2 N–H and O–H groups in total. The van der Waals surface area contributed by atoms with Crippen LogP contribution in [0.2, 0.25) is 0 Å². The topological polar surface area (TPSA) is 137 Å². The van der Waals surface area contributed by atoms with Crippen molar-refractivity contribution in [3.63, 3.8) is 0 Å². The lowest BCUT2D eigenvalue weighted by Gasteiger charge is -2.15. The van der Waals surface area contributed by atoms with Gasteiger partial charge >= 0.3 is 18.2 Å². The van der Waals surface area contributed by atoms with E-state index in [1.54, 1.807) is 5.32 Å². The molecule has 0 spiro atoms. The lowest BCUT2D eigenvalue weighted by Crippen LogP contribution is -2.36. The van der Waals surface area contributed by atoms with Crippen molar-refractivity contribution in [3.8, 4) is 0 Å². The summed E-state index contributed by atoms with van der Waals surface area (Å²) in [7, 11) is 0. The summed E-state index contributed by atoms with van der Waals surface area (Å²) in [6, 6.07) is 0.497. The molecule has 1 aromatic rings. The number of imide groups is 1. The fraction of sp³-hybridized carbons (Fsp3) is 0.400. The number of amides is 2. The summed E-state index contributed by atoms with van der Waals surface area (Å²) in [5.74, 6) is -2.01. The van der Waals surface area contributed by atoms with Crippen LogP contribution in [0.1, 0.15) is 19.4 Å². The van der Waals surface area contributed by atoms with Gasteiger partial charge in [-0.1, -0.05) is 0 Å². The van der Waals surface area contributed by atoms with Crippen molar-refractivity contribution in [2.45, 2.75) is 26.1 Å². The van der Waals surface area contributed by atoms with Crippen LogP contribution in [-0.2, 0) is 25.2 Å². The molecule has 0 bridgehead atoms. The Kier molecular flexibility index (Phi) is 7.71. The van der Waals surface area contributed by atoms with Crippen LogP contribution < -0.4 is 10.6 Å². The number of hydrogen-bond donors (Lipinski definition) is 2. The van der Waals surface area contributed by atoms with Crippen LogP contribution >= 0.6 is 0 Å². The molecule has 0 aromatic heterocycles. The highest BCUT2D eigenvalue weighted by atomic mass is 19.4. The fourth-order valence-corrected chi connectivity index (χ4v) is 1.85. The maximum Gasteiger partial charge on any atom is 0.416 e. The molecule has 0 aliphatic rings. The van der Waals surface area contributed by atoms with Crippen molar-refractivity contribution in [1.82, 2.24) is 5.32 Å². The predicted octanol–water partition coefficient (Wildman–Crippen LogP) is 2.23. The Bertz CT molecular complexity index is 768. The Morgan fingerprint density at radius 3 is 2.43 bits per heavy atom. The van der Waals surface area contributed by atoms with Gasteiger partial charge in [0.05, 0.1) is 17.1 Å². The molecule has 28 heavy (non-hydrogen) atoms. The zero-order valence-electron chi connectivity index (χ0n) is 14.7. The Morgan fingerprint density at radius 2 is 1.89 bits per heavy atom. The van der Waals surface area contributed by atoms with Crippen molar-refractivity contribution < 1.29 is 42.0 Å². The van der Waals surface area contributed by atoms with Gasteiger partial charge in [-0.15, -0.1) is 0 Å². The number of anilines is 1. The number of carbonyl (C=O) groups is 3. The van der Waals surface area contributed by atoms with Crippen molar-refractivity contribution >= 4 is 29.3 Å². The third-order valence-corrected chi connectivity index (χ3v) is 3.11. The van der Waals surface area contributed by atoms with E-state index >= 15 is 0 Å². The molecule has 0 saturated heterocycles. The second kappa shape index (κ2) is 9.53. The smallest absolute Gasteiger partial charge is 0.416 e. The summed E-state index contributed by atoms with van der Waals surface area (Å²) < 4.78 is 47.1. The van der Waals surface area contributed by atoms with Crippen LogP contribution in [-0.4, -0.2) is 42.1 Å². The van der Waals surface area contributed by atoms with E-state index in [0.717, 1.165) is 6.07 Å². The van der Waals surface area contributed by atoms with Crippen LogP contribution in [0.25, 0.3) is 0 Å². The van der Waals surface area contributed by atoms with Gasteiger partial charge in [0, 0.05) is 6.07 Å². The Morgan fingerprint density at radius 1 is 1.25 bits per heavy atom. The average Bonchev–Trinajstić information content (AvgIpc) is 2.58. The minimum absolute atomic E-state index is 0.0196. The molecule has 0 unspecified atom stereocenters. The lowest BCUT2D eigenvalue weighted by molar-refractivity contribution is -0.384. The fourth-order valence-electron chi connectivity index (χ4n) is 1.85. The summed E-state index contributed by atoms with van der Waals surface area (Å²) in [5.41, 5.74) is -2.47. The molecule has 10 nitrogen and oxygen atoms in total. The van der Waals surface area contributed by atoms with Gasteiger partial charge in [0.25, 0.3) is 11.6 Å². The van der Waals surface area contributed by atoms with Crippen molar-refractivity contribution in [1.29, 1.82) is 0 Å². The van der Waals surface area contributed by atoms with Gasteiger partial charge in [0.15, 0.2) is 6.61 Å². The third-order valence-electron chi connectivity index (χ3n) is 3.11. The van der Waals surface area contributed by atoms with E-state index in [4.69, 9.17) is 0 Å². The molecule has 0 heterocycles. The van der Waals surface area contributed by atoms with Gasteiger partial charge in [-0.05, 0) is 26.0 Å². The SMILES string of the molecule is CCOC(=O)NC(=O)COC(=O)[C@H](C)Nc1ccc(C(F)(F)F)cc1[N+](=O)[O-]. The highest BCUT2D eigenvalue weighted by Gasteiger charge is 2.33. The number of benzene rings is 1.